The van der Waals surface area contributed by atoms with Gasteiger partial charge in [0.25, 0.3) is 0 Å². The zero-order valence-corrected chi connectivity index (χ0v) is 9.00. The molecule has 0 amide bonds. The third kappa shape index (κ3) is 2.85. The van der Waals surface area contributed by atoms with E-state index in [9.17, 15) is 9.59 Å². The van der Waals surface area contributed by atoms with Gasteiger partial charge in [-0.3, -0.25) is 0 Å². The standard InChI is InChI=1S/C5H7O2.Th/c1-4(6)3-5(2)7;/h3H,1-2H3;. The molecular weight excluding hydrogens is 324 g/mol. The second-order valence-corrected chi connectivity index (χ2v) is 4.03. The van der Waals surface area contributed by atoms with Crippen molar-refractivity contribution in [2.45, 2.75) is 15.5 Å². The molecule has 0 saturated carbocycles. The Kier molecular flexibility index (Phi) is 3.95. The summed E-state index contributed by atoms with van der Waals surface area (Å²) >= 11 is 0.456. The molecule has 8 heavy (non-hydrogen) atoms. The number of hydrogen-bond acceptors (Lipinski definition) is 2. The van der Waals surface area contributed by atoms with Crippen LogP contribution in [0.5, 0.6) is 0 Å². The minimum atomic E-state index is -0.239. The van der Waals surface area contributed by atoms with Crippen LogP contribution in [0, 0.1) is 37.9 Å². The summed E-state index contributed by atoms with van der Waals surface area (Å²) in [5.74, 6) is 0.0339. The Labute approximate surface area is 74.0 Å². The van der Waals surface area contributed by atoms with Gasteiger partial charge in [0.2, 0.25) is 0 Å². The van der Waals surface area contributed by atoms with E-state index in [1.165, 1.54) is 13.8 Å². The average molecular weight is 331 g/mol. The topological polar surface area (TPSA) is 34.1 Å². The van der Waals surface area contributed by atoms with E-state index in [1.807, 2.05) is 0 Å². The molecule has 0 fully saturated rings. The summed E-state index contributed by atoms with van der Waals surface area (Å²) in [5, 5.41) is 0. The Morgan fingerprint density at radius 1 is 1.25 bits per heavy atom. The van der Waals surface area contributed by atoms with E-state index in [-0.39, 0.29) is 13.3 Å². The van der Waals surface area contributed by atoms with Gasteiger partial charge in [-0.15, -0.1) is 0 Å². The molecule has 0 saturated heterocycles. The number of carbonyl (C=O) groups excluding carboxylic acids is 2. The van der Waals surface area contributed by atoms with Crippen LogP contribution in [0.4, 0.5) is 0 Å². The van der Waals surface area contributed by atoms with Crippen LogP contribution in [-0.4, -0.2) is 11.6 Å². The first kappa shape index (κ1) is 8.66. The van der Waals surface area contributed by atoms with E-state index in [2.05, 4.69) is 0 Å². The van der Waals surface area contributed by atoms with Crippen molar-refractivity contribution in [3.63, 3.8) is 0 Å². The first-order valence-corrected chi connectivity index (χ1v) is 4.65. The minimum absolute atomic E-state index is 0.0170. The van der Waals surface area contributed by atoms with Crippen molar-refractivity contribution in [3.8, 4) is 0 Å². The third-order valence-electron chi connectivity index (χ3n) is 0.813. The summed E-state index contributed by atoms with van der Waals surface area (Å²) in [6.45, 7) is 2.93. The molecule has 0 aliphatic carbocycles. The van der Waals surface area contributed by atoms with Gasteiger partial charge < -0.3 is 0 Å². The second-order valence-electron chi connectivity index (χ2n) is 1.65. The molecule has 0 unspecified atom stereocenters. The van der Waals surface area contributed by atoms with E-state index in [0.717, 1.165) is 0 Å². The molecule has 0 spiro atoms. The van der Waals surface area contributed by atoms with Gasteiger partial charge in [-0.05, 0) is 0 Å². The van der Waals surface area contributed by atoms with Crippen molar-refractivity contribution in [1.82, 2.24) is 0 Å². The van der Waals surface area contributed by atoms with Crippen molar-refractivity contribution in [2.24, 2.45) is 0 Å². The van der Waals surface area contributed by atoms with Gasteiger partial charge >= 0.3 is 74.6 Å². The summed E-state index contributed by atoms with van der Waals surface area (Å²) in [5.41, 5.74) is 0. The van der Waals surface area contributed by atoms with Crippen molar-refractivity contribution in [2.75, 3.05) is 0 Å². The zero-order valence-electron chi connectivity index (χ0n) is 4.89. The fraction of sp³-hybridized carbons (Fsp3) is 0.600. The Morgan fingerprint density at radius 2 is 1.50 bits per heavy atom. The quantitative estimate of drug-likeness (QED) is 0.691. The van der Waals surface area contributed by atoms with E-state index in [0.29, 0.717) is 37.9 Å². The summed E-state index contributed by atoms with van der Waals surface area (Å²) in [7, 11) is 0. The van der Waals surface area contributed by atoms with Gasteiger partial charge in [0.05, 0.1) is 0 Å². The number of Topliss-reactive ketones (excluding diaryl/α,β-unsaturated/α-hetero) is 2. The molecule has 0 aromatic rings. The molecule has 43 valence electrons. The molecule has 0 aliphatic heterocycles. The maximum atomic E-state index is 10.4. The molecule has 0 heterocycles. The van der Waals surface area contributed by atoms with Crippen LogP contribution in [-0.2, 0) is 9.59 Å². The van der Waals surface area contributed by atoms with E-state index >= 15 is 0 Å². The van der Waals surface area contributed by atoms with Gasteiger partial charge in [-0.2, -0.15) is 0 Å². The van der Waals surface area contributed by atoms with Crippen LogP contribution >= 0.6 is 0 Å². The monoisotopic (exact) mass is 331 g/mol. The summed E-state index contributed by atoms with van der Waals surface area (Å²) < 4.78 is -0.239. The normalized spacial score (nSPS) is 9.62. The maximum absolute atomic E-state index is 10.4. The van der Waals surface area contributed by atoms with E-state index in [1.54, 1.807) is 0 Å². The van der Waals surface area contributed by atoms with E-state index in [4.69, 9.17) is 0 Å². The number of ketones is 2. The molecule has 0 aromatic carbocycles. The van der Waals surface area contributed by atoms with Crippen LogP contribution in [0.15, 0.2) is 0 Å². The molecule has 3 heteroatoms. The fourth-order valence-electron chi connectivity index (χ4n) is 0.286. The number of hydrogen-bond donors (Lipinski definition) is 0. The van der Waals surface area contributed by atoms with Crippen molar-refractivity contribution < 1.29 is 47.5 Å². The predicted octanol–water partition coefficient (Wildman–Crippen LogP) is 0.502. The first-order chi connectivity index (χ1) is 3.55. The van der Waals surface area contributed by atoms with Gasteiger partial charge in [-0.1, -0.05) is 0 Å². The molecule has 0 rings (SSSR count). The van der Waals surface area contributed by atoms with Crippen LogP contribution in [0.3, 0.4) is 0 Å². The summed E-state index contributed by atoms with van der Waals surface area (Å²) in [6.07, 6.45) is 0. The summed E-state index contributed by atoms with van der Waals surface area (Å²) in [4.78, 5) is 20.8. The second kappa shape index (κ2) is 3.64. The van der Waals surface area contributed by atoms with Gasteiger partial charge in [-0.25, -0.2) is 0 Å². The first-order valence-electron chi connectivity index (χ1n) is 2.27. The molecule has 0 radical (unpaired) electrons. The van der Waals surface area contributed by atoms with Crippen molar-refractivity contribution in [1.29, 1.82) is 0 Å². The Morgan fingerprint density at radius 3 is 1.50 bits per heavy atom. The van der Waals surface area contributed by atoms with Gasteiger partial charge in [0.15, 0.2) is 0 Å². The van der Waals surface area contributed by atoms with Crippen molar-refractivity contribution >= 4 is 11.6 Å². The SMILES string of the molecule is CC(=O)[CH]([Th])C(C)=O. The molecular formula is C5H7O2Th. The summed E-state index contributed by atoms with van der Waals surface area (Å²) in [6, 6.07) is 0. The van der Waals surface area contributed by atoms with Crippen LogP contribution in [0.25, 0.3) is 0 Å². The number of carbonyl (C=O) groups is 2. The average Bonchev–Trinajstić information content (AvgIpc) is 1.64. The fourth-order valence-corrected chi connectivity index (χ4v) is 0.286. The zero-order chi connectivity index (χ0) is 6.73. The molecule has 0 aliphatic rings. The van der Waals surface area contributed by atoms with E-state index < -0.39 is 0 Å². The Balaban J connectivity index is 3.83. The molecule has 0 atom stereocenters. The molecule has 0 bridgehead atoms. The van der Waals surface area contributed by atoms with Crippen LogP contribution < -0.4 is 0 Å². The molecule has 2 nitrogen and oxygen atoms in total. The Bertz CT molecular complexity index is 106. The number of rotatable bonds is 2. The van der Waals surface area contributed by atoms with Gasteiger partial charge in [0, 0.05) is 0 Å². The van der Waals surface area contributed by atoms with Crippen LogP contribution in [0.2, 0.25) is 1.70 Å². The predicted molar refractivity (Wildman–Crippen MR) is 25.1 cm³/mol. The van der Waals surface area contributed by atoms with Gasteiger partial charge in [0.1, 0.15) is 0 Å². The molecule has 0 aromatic heterocycles. The molecule has 0 N–H and O–H groups in total. The third-order valence-corrected chi connectivity index (χ3v) is 4.15. The Hall–Kier alpha value is 0.665. The van der Waals surface area contributed by atoms with Crippen molar-refractivity contribution in [3.05, 3.63) is 0 Å². The van der Waals surface area contributed by atoms with Crippen LogP contribution in [0.1, 0.15) is 13.8 Å².